The van der Waals surface area contributed by atoms with Crippen molar-refractivity contribution >= 4 is 11.6 Å². The van der Waals surface area contributed by atoms with E-state index >= 15 is 0 Å². The first kappa shape index (κ1) is 14.1. The number of aryl methyl sites for hydroxylation is 1. The highest BCUT2D eigenvalue weighted by Crippen LogP contribution is 2.22. The molecule has 6 nitrogen and oxygen atoms in total. The zero-order chi connectivity index (χ0) is 13.7. The molecule has 6 heteroatoms. The highest BCUT2D eigenvalue weighted by molar-refractivity contribution is 5.98. The number of aliphatic hydroxyl groups excluding tert-OH is 1. The molecular weight excluding hydrogens is 236 g/mol. The van der Waals surface area contributed by atoms with Crippen molar-refractivity contribution in [1.82, 2.24) is 5.32 Å². The molecule has 0 spiro atoms. The van der Waals surface area contributed by atoms with Crippen LogP contribution < -0.4 is 5.32 Å². The lowest BCUT2D eigenvalue weighted by molar-refractivity contribution is -0.385. The number of hydrogen-bond acceptors (Lipinski definition) is 4. The lowest BCUT2D eigenvalue weighted by Crippen LogP contribution is -2.33. The maximum Gasteiger partial charge on any atom is 0.285 e. The van der Waals surface area contributed by atoms with E-state index < -0.39 is 10.8 Å². The van der Waals surface area contributed by atoms with Gasteiger partial charge in [-0.2, -0.15) is 0 Å². The molecule has 2 N–H and O–H groups in total. The summed E-state index contributed by atoms with van der Waals surface area (Å²) >= 11 is 0. The summed E-state index contributed by atoms with van der Waals surface area (Å²) in [4.78, 5) is 22.3. The van der Waals surface area contributed by atoms with Crippen molar-refractivity contribution in [3.63, 3.8) is 0 Å². The Labute approximate surface area is 105 Å². The van der Waals surface area contributed by atoms with Crippen molar-refractivity contribution in [3.8, 4) is 0 Å². The molecule has 1 aromatic rings. The van der Waals surface area contributed by atoms with Crippen molar-refractivity contribution < 1.29 is 14.8 Å². The van der Waals surface area contributed by atoms with Gasteiger partial charge in [-0.25, -0.2) is 0 Å². The van der Waals surface area contributed by atoms with E-state index in [4.69, 9.17) is 5.11 Å². The Morgan fingerprint density at radius 2 is 2.22 bits per heavy atom. The number of hydrogen-bond donors (Lipinski definition) is 2. The second kappa shape index (κ2) is 6.11. The Kier molecular flexibility index (Phi) is 4.79. The molecule has 0 aromatic heterocycles. The fourth-order valence-corrected chi connectivity index (χ4v) is 1.65. The van der Waals surface area contributed by atoms with Crippen molar-refractivity contribution in [1.29, 1.82) is 0 Å². The largest absolute Gasteiger partial charge is 0.396 e. The monoisotopic (exact) mass is 252 g/mol. The predicted molar refractivity (Wildman–Crippen MR) is 66.5 cm³/mol. The van der Waals surface area contributed by atoms with Crippen LogP contribution >= 0.6 is 0 Å². The van der Waals surface area contributed by atoms with Crippen molar-refractivity contribution in [2.45, 2.75) is 26.3 Å². The zero-order valence-corrected chi connectivity index (χ0v) is 10.3. The minimum absolute atomic E-state index is 0.0443. The summed E-state index contributed by atoms with van der Waals surface area (Å²) in [6.45, 7) is 3.28. The normalized spacial score (nSPS) is 11.9. The van der Waals surface area contributed by atoms with Gasteiger partial charge in [0.1, 0.15) is 5.56 Å². The van der Waals surface area contributed by atoms with Crippen LogP contribution in [0.25, 0.3) is 0 Å². The van der Waals surface area contributed by atoms with E-state index in [-0.39, 0.29) is 23.9 Å². The Bertz CT molecular complexity index is 459. The maximum absolute atomic E-state index is 11.9. The van der Waals surface area contributed by atoms with Crippen LogP contribution in [0, 0.1) is 17.0 Å². The molecule has 1 aromatic carbocycles. The quantitative estimate of drug-likeness (QED) is 0.612. The Balaban J connectivity index is 2.99. The molecule has 18 heavy (non-hydrogen) atoms. The van der Waals surface area contributed by atoms with Crippen LogP contribution in [0.1, 0.15) is 29.3 Å². The molecule has 0 bridgehead atoms. The molecule has 1 rings (SSSR count). The third kappa shape index (κ3) is 3.27. The second-order valence-electron chi connectivity index (χ2n) is 4.11. The first-order chi connectivity index (χ1) is 8.47. The molecule has 0 saturated carbocycles. The van der Waals surface area contributed by atoms with Crippen LogP contribution in [0.2, 0.25) is 0 Å². The summed E-state index contributed by atoms with van der Waals surface area (Å²) in [5.41, 5.74) is 0.318. The molecule has 1 unspecified atom stereocenters. The smallest absolute Gasteiger partial charge is 0.285 e. The van der Waals surface area contributed by atoms with E-state index in [1.54, 1.807) is 26.0 Å². The van der Waals surface area contributed by atoms with Crippen LogP contribution in [-0.4, -0.2) is 28.6 Å². The number of nitrogens with zero attached hydrogens (tertiary/aromatic N) is 1. The Morgan fingerprint density at radius 1 is 1.56 bits per heavy atom. The van der Waals surface area contributed by atoms with E-state index in [1.165, 1.54) is 6.07 Å². The van der Waals surface area contributed by atoms with Gasteiger partial charge in [0.15, 0.2) is 0 Å². The minimum Gasteiger partial charge on any atom is -0.396 e. The van der Waals surface area contributed by atoms with Gasteiger partial charge in [-0.05, 0) is 26.3 Å². The van der Waals surface area contributed by atoms with Gasteiger partial charge in [-0.15, -0.1) is 0 Å². The number of carbonyl (C=O) groups excluding carboxylic acids is 1. The molecule has 0 aliphatic heterocycles. The first-order valence-corrected chi connectivity index (χ1v) is 5.63. The van der Waals surface area contributed by atoms with Crippen molar-refractivity contribution in [3.05, 3.63) is 39.4 Å². The molecule has 0 fully saturated rings. The third-order valence-electron chi connectivity index (χ3n) is 2.60. The summed E-state index contributed by atoms with van der Waals surface area (Å²) in [6, 6.07) is 4.38. The number of para-hydroxylation sites is 1. The molecular formula is C12H16N2O4. The zero-order valence-electron chi connectivity index (χ0n) is 10.3. The number of carbonyl (C=O) groups is 1. The number of nitro groups is 1. The molecule has 0 aliphatic rings. The third-order valence-corrected chi connectivity index (χ3v) is 2.60. The summed E-state index contributed by atoms with van der Waals surface area (Å²) in [7, 11) is 0. The lowest BCUT2D eigenvalue weighted by atomic mass is 10.1. The van der Waals surface area contributed by atoms with Gasteiger partial charge in [0.2, 0.25) is 0 Å². The maximum atomic E-state index is 11.9. The number of amides is 1. The molecule has 0 aliphatic carbocycles. The van der Waals surface area contributed by atoms with Gasteiger partial charge in [0.25, 0.3) is 11.6 Å². The van der Waals surface area contributed by atoms with E-state index in [0.29, 0.717) is 12.0 Å². The predicted octanol–water partition coefficient (Wildman–Crippen LogP) is 1.40. The minimum atomic E-state index is -0.555. The molecule has 1 atom stereocenters. The van der Waals surface area contributed by atoms with Gasteiger partial charge in [-0.1, -0.05) is 12.1 Å². The number of nitrogens with one attached hydrogen (secondary N) is 1. The van der Waals surface area contributed by atoms with Gasteiger partial charge in [0, 0.05) is 18.2 Å². The van der Waals surface area contributed by atoms with E-state index in [1.807, 2.05) is 0 Å². The van der Waals surface area contributed by atoms with Gasteiger partial charge >= 0.3 is 0 Å². The molecule has 0 radical (unpaired) electrons. The lowest BCUT2D eigenvalue weighted by Gasteiger charge is -2.12. The van der Waals surface area contributed by atoms with Crippen LogP contribution in [0.3, 0.4) is 0 Å². The summed E-state index contributed by atoms with van der Waals surface area (Å²) in [6.07, 6.45) is 0.408. The second-order valence-corrected chi connectivity index (χ2v) is 4.11. The number of benzene rings is 1. The van der Waals surface area contributed by atoms with Crippen LogP contribution in [0.5, 0.6) is 0 Å². The van der Waals surface area contributed by atoms with Crippen molar-refractivity contribution in [2.75, 3.05) is 6.61 Å². The molecule has 0 saturated heterocycles. The van der Waals surface area contributed by atoms with Gasteiger partial charge < -0.3 is 10.4 Å². The van der Waals surface area contributed by atoms with E-state index in [0.717, 1.165) is 0 Å². The molecule has 98 valence electrons. The summed E-state index contributed by atoms with van der Waals surface area (Å²) < 4.78 is 0. The number of aliphatic hydroxyl groups is 1. The average Bonchev–Trinajstić information content (AvgIpc) is 2.28. The van der Waals surface area contributed by atoms with E-state index in [2.05, 4.69) is 5.32 Å². The first-order valence-electron chi connectivity index (χ1n) is 5.63. The van der Waals surface area contributed by atoms with Crippen molar-refractivity contribution in [2.24, 2.45) is 0 Å². The van der Waals surface area contributed by atoms with Gasteiger partial charge in [0.05, 0.1) is 4.92 Å². The fraction of sp³-hybridized carbons (Fsp3) is 0.417. The van der Waals surface area contributed by atoms with E-state index in [9.17, 15) is 14.9 Å². The Morgan fingerprint density at radius 3 is 2.78 bits per heavy atom. The topological polar surface area (TPSA) is 92.5 Å². The van der Waals surface area contributed by atoms with Crippen LogP contribution in [-0.2, 0) is 0 Å². The average molecular weight is 252 g/mol. The standard InChI is InChI=1S/C12H16N2O4/c1-8-4-3-5-10(11(8)14(17)18)12(16)13-9(2)6-7-15/h3-5,9,15H,6-7H2,1-2H3,(H,13,16). The fourth-order valence-electron chi connectivity index (χ4n) is 1.65. The van der Waals surface area contributed by atoms with Crippen LogP contribution in [0.4, 0.5) is 5.69 Å². The number of nitro benzene ring substituents is 1. The molecule has 0 heterocycles. The summed E-state index contributed by atoms with van der Waals surface area (Å²) in [5, 5.41) is 22.3. The van der Waals surface area contributed by atoms with Gasteiger partial charge in [-0.3, -0.25) is 14.9 Å². The van der Waals surface area contributed by atoms with Crippen LogP contribution in [0.15, 0.2) is 18.2 Å². The summed E-state index contributed by atoms with van der Waals surface area (Å²) in [5.74, 6) is -0.494. The SMILES string of the molecule is Cc1cccc(C(=O)NC(C)CCO)c1[N+](=O)[O-]. The Hall–Kier alpha value is -1.95. The number of rotatable bonds is 5. The highest BCUT2D eigenvalue weighted by atomic mass is 16.6. The highest BCUT2D eigenvalue weighted by Gasteiger charge is 2.22. The molecule has 1 amide bonds.